The minimum Gasteiger partial charge on any atom is -0.478 e. The van der Waals surface area contributed by atoms with E-state index in [2.05, 4.69) is 15.2 Å². The van der Waals surface area contributed by atoms with Gasteiger partial charge in [0.05, 0.1) is 11.9 Å². The number of hydrogen-bond donors (Lipinski definition) is 2. The summed E-state index contributed by atoms with van der Waals surface area (Å²) in [4.78, 5) is 15.4. The lowest BCUT2D eigenvalue weighted by atomic mass is 10.1. The summed E-state index contributed by atoms with van der Waals surface area (Å²) < 4.78 is 1.86. The van der Waals surface area contributed by atoms with Gasteiger partial charge in [-0.1, -0.05) is 0 Å². The number of nitrogens with one attached hydrogen (secondary N) is 1. The second kappa shape index (κ2) is 3.69. The largest absolute Gasteiger partial charge is 0.478 e. The summed E-state index contributed by atoms with van der Waals surface area (Å²) >= 11 is 0. The Hall–Kier alpha value is -2.63. The summed E-state index contributed by atoms with van der Waals surface area (Å²) in [6.45, 7) is 0. The molecule has 3 heterocycles. The molecule has 0 unspecified atom stereocenters. The molecule has 0 aliphatic rings. The molecule has 0 aliphatic heterocycles. The molecule has 3 aromatic rings. The topological polar surface area (TPSA) is 83.8 Å². The van der Waals surface area contributed by atoms with E-state index in [9.17, 15) is 4.79 Å². The van der Waals surface area contributed by atoms with Gasteiger partial charge in [-0.3, -0.25) is 5.10 Å². The molecule has 0 fully saturated rings. The lowest BCUT2D eigenvalue weighted by Crippen LogP contribution is -1.96. The number of fused-ring (bicyclic) bond motifs is 1. The molecule has 18 heavy (non-hydrogen) atoms. The minimum absolute atomic E-state index is 0.159. The third-order valence-electron chi connectivity index (χ3n) is 2.87. The van der Waals surface area contributed by atoms with E-state index in [-0.39, 0.29) is 5.56 Å². The van der Waals surface area contributed by atoms with E-state index in [1.54, 1.807) is 6.20 Å². The van der Waals surface area contributed by atoms with Gasteiger partial charge in [-0.25, -0.2) is 9.78 Å². The zero-order chi connectivity index (χ0) is 12.7. The number of hydrogen-bond acceptors (Lipinski definition) is 3. The third-order valence-corrected chi connectivity index (χ3v) is 2.87. The first kappa shape index (κ1) is 10.5. The van der Waals surface area contributed by atoms with Crippen LogP contribution in [0.5, 0.6) is 0 Å². The fraction of sp³-hybridized carbons (Fsp3) is 0.0833. The number of aromatic carboxylic acids is 1. The SMILES string of the molecule is Cn1cc(-c2[nH]ncc2C(=O)O)c2cccnc21. The summed E-state index contributed by atoms with van der Waals surface area (Å²) in [6, 6.07) is 3.73. The maximum absolute atomic E-state index is 11.1. The highest BCUT2D eigenvalue weighted by Gasteiger charge is 2.18. The van der Waals surface area contributed by atoms with Gasteiger partial charge < -0.3 is 9.67 Å². The molecule has 0 amide bonds. The third kappa shape index (κ3) is 1.39. The average Bonchev–Trinajstić information content (AvgIpc) is 2.95. The number of carbonyl (C=O) groups is 1. The highest BCUT2D eigenvalue weighted by molar-refractivity contribution is 6.01. The van der Waals surface area contributed by atoms with Gasteiger partial charge >= 0.3 is 5.97 Å². The maximum atomic E-state index is 11.1. The molecule has 0 spiro atoms. The Balaban J connectivity index is 2.32. The number of aryl methyl sites for hydroxylation is 1. The zero-order valence-electron chi connectivity index (χ0n) is 9.58. The van der Waals surface area contributed by atoms with Crippen molar-refractivity contribution < 1.29 is 9.90 Å². The summed E-state index contributed by atoms with van der Waals surface area (Å²) in [5.74, 6) is -1.00. The van der Waals surface area contributed by atoms with Gasteiger partial charge in [0.1, 0.15) is 11.2 Å². The number of aromatic nitrogens is 4. The first-order valence-corrected chi connectivity index (χ1v) is 5.35. The minimum atomic E-state index is -1.00. The van der Waals surface area contributed by atoms with Crippen LogP contribution in [0.4, 0.5) is 0 Å². The Labute approximate surface area is 102 Å². The van der Waals surface area contributed by atoms with Crippen molar-refractivity contribution in [2.45, 2.75) is 0 Å². The lowest BCUT2D eigenvalue weighted by molar-refractivity contribution is 0.0698. The molecule has 0 atom stereocenters. The van der Waals surface area contributed by atoms with Crippen molar-refractivity contribution in [3.63, 3.8) is 0 Å². The number of nitrogens with zero attached hydrogens (tertiary/aromatic N) is 3. The van der Waals surface area contributed by atoms with Crippen LogP contribution < -0.4 is 0 Å². The molecule has 3 rings (SSSR count). The lowest BCUT2D eigenvalue weighted by Gasteiger charge is -1.97. The van der Waals surface area contributed by atoms with E-state index in [1.165, 1.54) is 6.20 Å². The summed E-state index contributed by atoms with van der Waals surface area (Å²) in [7, 11) is 1.87. The molecular formula is C12H10N4O2. The molecule has 2 N–H and O–H groups in total. The Morgan fingerprint density at radius 1 is 1.50 bits per heavy atom. The van der Waals surface area contributed by atoms with Crippen LogP contribution in [-0.4, -0.2) is 30.8 Å². The van der Waals surface area contributed by atoms with Crippen molar-refractivity contribution in [2.24, 2.45) is 7.05 Å². The van der Waals surface area contributed by atoms with E-state index in [0.717, 1.165) is 16.6 Å². The summed E-state index contributed by atoms with van der Waals surface area (Å²) in [6.07, 6.45) is 4.86. The van der Waals surface area contributed by atoms with Gasteiger partial charge in [-0.2, -0.15) is 5.10 Å². The normalized spacial score (nSPS) is 10.9. The van der Waals surface area contributed by atoms with Crippen LogP contribution in [0, 0.1) is 0 Å². The van der Waals surface area contributed by atoms with Crippen LogP contribution >= 0.6 is 0 Å². The first-order valence-electron chi connectivity index (χ1n) is 5.35. The van der Waals surface area contributed by atoms with Crippen molar-refractivity contribution in [3.05, 3.63) is 36.3 Å². The number of carboxylic acid groups (broad SMARTS) is 1. The van der Waals surface area contributed by atoms with E-state index < -0.39 is 5.97 Å². The molecule has 0 aliphatic carbocycles. The Morgan fingerprint density at radius 2 is 2.33 bits per heavy atom. The standard InChI is InChI=1S/C12H10N4O2/c1-16-6-9(7-3-2-4-13-11(7)16)10-8(12(17)18)5-14-15-10/h2-6H,1H3,(H,14,15)(H,17,18). The molecule has 6 nitrogen and oxygen atoms in total. The zero-order valence-corrected chi connectivity index (χ0v) is 9.58. The maximum Gasteiger partial charge on any atom is 0.339 e. The molecule has 6 heteroatoms. The van der Waals surface area contributed by atoms with Gasteiger partial charge in [0.25, 0.3) is 0 Å². The monoisotopic (exact) mass is 242 g/mol. The predicted molar refractivity (Wildman–Crippen MR) is 65.3 cm³/mol. The molecule has 0 saturated heterocycles. The highest BCUT2D eigenvalue weighted by Crippen LogP contribution is 2.29. The predicted octanol–water partition coefficient (Wildman–Crippen LogP) is 1.66. The Morgan fingerprint density at radius 3 is 3.11 bits per heavy atom. The van der Waals surface area contributed by atoms with Crippen LogP contribution in [0.2, 0.25) is 0 Å². The molecule has 0 radical (unpaired) electrons. The van der Waals surface area contributed by atoms with Crippen LogP contribution in [0.15, 0.2) is 30.7 Å². The number of pyridine rings is 1. The Bertz CT molecular complexity index is 741. The van der Waals surface area contributed by atoms with Crippen LogP contribution in [0.25, 0.3) is 22.3 Å². The van der Waals surface area contributed by atoms with Crippen molar-refractivity contribution in [1.82, 2.24) is 19.7 Å². The van der Waals surface area contributed by atoms with Gasteiger partial charge in [0, 0.05) is 30.4 Å². The van der Waals surface area contributed by atoms with E-state index in [1.807, 2.05) is 29.9 Å². The number of rotatable bonds is 2. The van der Waals surface area contributed by atoms with Gasteiger partial charge in [-0.05, 0) is 12.1 Å². The van der Waals surface area contributed by atoms with Crippen molar-refractivity contribution in [1.29, 1.82) is 0 Å². The summed E-state index contributed by atoms with van der Waals surface area (Å²) in [5, 5.41) is 16.5. The first-order chi connectivity index (χ1) is 8.68. The van der Waals surface area contributed by atoms with Crippen LogP contribution in [0.1, 0.15) is 10.4 Å². The molecule has 0 bridgehead atoms. The second-order valence-electron chi connectivity index (χ2n) is 3.99. The molecule has 90 valence electrons. The van der Waals surface area contributed by atoms with Gasteiger partial charge in [-0.15, -0.1) is 0 Å². The van der Waals surface area contributed by atoms with Crippen molar-refractivity contribution >= 4 is 17.0 Å². The molecule has 0 aromatic carbocycles. The van der Waals surface area contributed by atoms with Crippen LogP contribution in [0.3, 0.4) is 0 Å². The fourth-order valence-corrected chi connectivity index (χ4v) is 2.07. The highest BCUT2D eigenvalue weighted by atomic mass is 16.4. The van der Waals surface area contributed by atoms with Crippen molar-refractivity contribution in [3.8, 4) is 11.3 Å². The smallest absolute Gasteiger partial charge is 0.339 e. The molecule has 0 saturated carbocycles. The molecule has 3 aromatic heterocycles. The second-order valence-corrected chi connectivity index (χ2v) is 3.99. The quantitative estimate of drug-likeness (QED) is 0.715. The number of H-pyrrole nitrogens is 1. The van der Waals surface area contributed by atoms with Crippen molar-refractivity contribution in [2.75, 3.05) is 0 Å². The van der Waals surface area contributed by atoms with Gasteiger partial charge in [0.15, 0.2) is 0 Å². The van der Waals surface area contributed by atoms with Crippen LogP contribution in [-0.2, 0) is 7.05 Å². The number of aromatic amines is 1. The average molecular weight is 242 g/mol. The summed E-state index contributed by atoms with van der Waals surface area (Å²) in [5.41, 5.74) is 2.25. The fourth-order valence-electron chi connectivity index (χ4n) is 2.07. The van der Waals surface area contributed by atoms with E-state index >= 15 is 0 Å². The Kier molecular flexibility index (Phi) is 2.16. The van der Waals surface area contributed by atoms with E-state index in [4.69, 9.17) is 5.11 Å². The van der Waals surface area contributed by atoms with Gasteiger partial charge in [0.2, 0.25) is 0 Å². The number of carboxylic acids is 1. The molecular weight excluding hydrogens is 232 g/mol. The van der Waals surface area contributed by atoms with E-state index in [0.29, 0.717) is 5.69 Å².